The van der Waals surface area contributed by atoms with Gasteiger partial charge in [-0.25, -0.2) is 14.8 Å². The van der Waals surface area contributed by atoms with Crippen molar-refractivity contribution in [2.24, 2.45) is 5.41 Å². The first kappa shape index (κ1) is 9.84. The molecule has 0 atom stereocenters. The molecular formula is C11H14FN3O. The minimum absolute atomic E-state index is 0.339. The maximum Gasteiger partial charge on any atom is 0.238 e. The van der Waals surface area contributed by atoms with Crippen LogP contribution in [0.1, 0.15) is 12.8 Å². The fourth-order valence-electron chi connectivity index (χ4n) is 2.16. The van der Waals surface area contributed by atoms with Crippen molar-refractivity contribution >= 4 is 5.69 Å². The highest BCUT2D eigenvalue weighted by molar-refractivity contribution is 5.55. The number of halogens is 1. The topological polar surface area (TPSA) is 37.4 Å². The van der Waals surface area contributed by atoms with Gasteiger partial charge in [0, 0.05) is 24.6 Å². The number of nitrogens with one attached hydrogen (secondary N) is 1. The lowest BCUT2D eigenvalue weighted by molar-refractivity contribution is 0.395. The summed E-state index contributed by atoms with van der Waals surface area (Å²) in [4.78, 5) is 3.93. The molecule has 0 radical (unpaired) electrons. The monoisotopic (exact) mass is 223 g/mol. The van der Waals surface area contributed by atoms with E-state index in [-0.39, 0.29) is 5.82 Å². The van der Waals surface area contributed by atoms with Gasteiger partial charge in [0.05, 0.1) is 13.3 Å². The van der Waals surface area contributed by atoms with Crippen LogP contribution in [0.25, 0.3) is 0 Å². The zero-order valence-corrected chi connectivity index (χ0v) is 9.16. The Kier molecular flexibility index (Phi) is 2.04. The standard InChI is InChI=1S/C11H14FN3O/c1-16-10-9(4-8(12)5-13-10)15-7-11(2-3-11)6-14-15/h4-5,14H,2-3,6-7H2,1H3. The van der Waals surface area contributed by atoms with Gasteiger partial charge >= 0.3 is 0 Å². The summed E-state index contributed by atoms with van der Waals surface area (Å²) < 4.78 is 18.3. The average molecular weight is 223 g/mol. The van der Waals surface area contributed by atoms with Crippen LogP contribution in [-0.2, 0) is 0 Å². The maximum atomic E-state index is 13.2. The molecule has 1 saturated heterocycles. The van der Waals surface area contributed by atoms with E-state index in [1.165, 1.54) is 25.1 Å². The first-order valence-corrected chi connectivity index (χ1v) is 5.43. The quantitative estimate of drug-likeness (QED) is 0.821. The highest BCUT2D eigenvalue weighted by Crippen LogP contribution is 2.49. The van der Waals surface area contributed by atoms with Crippen LogP contribution in [-0.4, -0.2) is 25.2 Å². The minimum atomic E-state index is -0.339. The summed E-state index contributed by atoms with van der Waals surface area (Å²) in [5, 5.41) is 1.95. The predicted octanol–water partition coefficient (Wildman–Crippen LogP) is 1.33. The Labute approximate surface area is 93.4 Å². The van der Waals surface area contributed by atoms with Gasteiger partial charge < -0.3 is 9.75 Å². The molecular weight excluding hydrogens is 209 g/mol. The smallest absolute Gasteiger partial charge is 0.238 e. The summed E-state index contributed by atoms with van der Waals surface area (Å²) in [6.07, 6.45) is 3.68. The van der Waals surface area contributed by atoms with Crippen molar-refractivity contribution in [2.45, 2.75) is 12.8 Å². The van der Waals surface area contributed by atoms with Gasteiger partial charge in [-0.1, -0.05) is 0 Å². The lowest BCUT2D eigenvalue weighted by atomic mass is 10.1. The zero-order valence-electron chi connectivity index (χ0n) is 9.16. The van der Waals surface area contributed by atoms with Crippen LogP contribution in [0.5, 0.6) is 5.88 Å². The molecule has 5 heteroatoms. The zero-order chi connectivity index (χ0) is 11.2. The number of ether oxygens (including phenoxy) is 1. The average Bonchev–Trinajstić information content (AvgIpc) is 2.89. The lowest BCUT2D eigenvalue weighted by Gasteiger charge is -2.19. The molecule has 1 N–H and O–H groups in total. The Balaban J connectivity index is 1.90. The van der Waals surface area contributed by atoms with Crippen LogP contribution in [0.3, 0.4) is 0 Å². The van der Waals surface area contributed by atoms with Gasteiger partial charge in [-0.15, -0.1) is 0 Å². The highest BCUT2D eigenvalue weighted by Gasteiger charge is 2.48. The second-order valence-corrected chi connectivity index (χ2v) is 4.60. The number of pyridine rings is 1. The lowest BCUT2D eigenvalue weighted by Crippen LogP contribution is -2.31. The molecule has 1 aromatic rings. The maximum absolute atomic E-state index is 13.2. The molecule has 0 aromatic carbocycles. The van der Waals surface area contributed by atoms with E-state index in [0.29, 0.717) is 17.0 Å². The fraction of sp³-hybridized carbons (Fsp3) is 0.545. The third-order valence-corrected chi connectivity index (χ3v) is 3.38. The summed E-state index contributed by atoms with van der Waals surface area (Å²) >= 11 is 0. The number of hydrogen-bond donors (Lipinski definition) is 1. The van der Waals surface area contributed by atoms with Crippen molar-refractivity contribution in [3.63, 3.8) is 0 Å². The largest absolute Gasteiger partial charge is 0.479 e. The normalized spacial score (nSPS) is 21.5. The molecule has 1 aromatic heterocycles. The SMILES string of the molecule is COc1ncc(F)cc1N1CC2(CC2)CN1. The minimum Gasteiger partial charge on any atom is -0.479 e. The molecule has 2 heterocycles. The van der Waals surface area contributed by atoms with Gasteiger partial charge in [-0.2, -0.15) is 0 Å². The van der Waals surface area contributed by atoms with Gasteiger partial charge in [0.15, 0.2) is 0 Å². The molecule has 4 nitrogen and oxygen atoms in total. The number of aromatic nitrogens is 1. The van der Waals surface area contributed by atoms with Gasteiger partial charge in [0.1, 0.15) is 11.5 Å². The third-order valence-electron chi connectivity index (χ3n) is 3.38. The van der Waals surface area contributed by atoms with E-state index in [1.807, 2.05) is 5.01 Å². The van der Waals surface area contributed by atoms with Crippen molar-refractivity contribution in [1.82, 2.24) is 10.4 Å². The van der Waals surface area contributed by atoms with Crippen molar-refractivity contribution < 1.29 is 9.13 Å². The number of nitrogens with zero attached hydrogens (tertiary/aromatic N) is 2. The summed E-state index contributed by atoms with van der Waals surface area (Å²) in [5.74, 6) is 0.126. The van der Waals surface area contributed by atoms with E-state index < -0.39 is 0 Å². The predicted molar refractivity (Wildman–Crippen MR) is 57.8 cm³/mol. The van der Waals surface area contributed by atoms with Gasteiger partial charge in [0.25, 0.3) is 0 Å². The molecule has 16 heavy (non-hydrogen) atoms. The van der Waals surface area contributed by atoms with Crippen molar-refractivity contribution in [1.29, 1.82) is 0 Å². The first-order chi connectivity index (χ1) is 7.72. The molecule has 0 amide bonds. The van der Waals surface area contributed by atoms with Crippen molar-refractivity contribution in [3.8, 4) is 5.88 Å². The molecule has 2 fully saturated rings. The van der Waals surface area contributed by atoms with Crippen LogP contribution in [0.2, 0.25) is 0 Å². The van der Waals surface area contributed by atoms with Gasteiger partial charge in [-0.3, -0.25) is 0 Å². The molecule has 86 valence electrons. The summed E-state index contributed by atoms with van der Waals surface area (Å²) in [6, 6.07) is 1.46. The summed E-state index contributed by atoms with van der Waals surface area (Å²) in [5.41, 5.74) is 4.37. The molecule has 2 aliphatic rings. The van der Waals surface area contributed by atoms with Crippen molar-refractivity contribution in [3.05, 3.63) is 18.1 Å². The number of hydrazine groups is 1. The number of hydrogen-bond acceptors (Lipinski definition) is 4. The van der Waals surface area contributed by atoms with Crippen LogP contribution < -0.4 is 15.2 Å². The van der Waals surface area contributed by atoms with E-state index in [9.17, 15) is 4.39 Å². The number of anilines is 1. The summed E-state index contributed by atoms with van der Waals surface area (Å²) in [6.45, 7) is 1.88. The Morgan fingerprint density at radius 2 is 2.38 bits per heavy atom. The van der Waals surface area contributed by atoms with E-state index >= 15 is 0 Å². The van der Waals surface area contributed by atoms with E-state index in [2.05, 4.69) is 10.4 Å². The third kappa shape index (κ3) is 1.51. The molecule has 1 spiro atoms. The molecule has 3 rings (SSSR count). The van der Waals surface area contributed by atoms with E-state index in [1.54, 1.807) is 7.11 Å². The van der Waals surface area contributed by atoms with Crippen LogP contribution in [0, 0.1) is 11.2 Å². The number of methoxy groups -OCH3 is 1. The van der Waals surface area contributed by atoms with E-state index in [4.69, 9.17) is 4.74 Å². The molecule has 1 aliphatic carbocycles. The van der Waals surface area contributed by atoms with E-state index in [0.717, 1.165) is 13.1 Å². The molecule has 1 aliphatic heterocycles. The van der Waals surface area contributed by atoms with Gasteiger partial charge in [0.2, 0.25) is 5.88 Å². The highest BCUT2D eigenvalue weighted by atomic mass is 19.1. The van der Waals surface area contributed by atoms with Crippen LogP contribution in [0.4, 0.5) is 10.1 Å². The Bertz CT molecular complexity index is 420. The first-order valence-electron chi connectivity index (χ1n) is 5.43. The second-order valence-electron chi connectivity index (χ2n) is 4.60. The summed E-state index contributed by atoms with van der Waals surface area (Å²) in [7, 11) is 1.55. The van der Waals surface area contributed by atoms with Crippen LogP contribution in [0.15, 0.2) is 12.3 Å². The Hall–Kier alpha value is -1.36. The van der Waals surface area contributed by atoms with Crippen LogP contribution >= 0.6 is 0 Å². The molecule has 1 saturated carbocycles. The van der Waals surface area contributed by atoms with Gasteiger partial charge in [-0.05, 0) is 12.8 Å². The second kappa shape index (κ2) is 3.31. The molecule has 0 unspecified atom stereocenters. The Morgan fingerprint density at radius 1 is 1.56 bits per heavy atom. The Morgan fingerprint density at radius 3 is 3.00 bits per heavy atom. The molecule has 0 bridgehead atoms. The number of rotatable bonds is 2. The fourth-order valence-corrected chi connectivity index (χ4v) is 2.16. The van der Waals surface area contributed by atoms with Crippen molar-refractivity contribution in [2.75, 3.05) is 25.2 Å².